The van der Waals surface area contributed by atoms with E-state index < -0.39 is 35.4 Å². The van der Waals surface area contributed by atoms with E-state index >= 15 is 0 Å². The van der Waals surface area contributed by atoms with Crippen molar-refractivity contribution in [3.8, 4) is 0 Å². The molecule has 0 fully saturated rings. The SMILES string of the molecule is FC(F)(F)C(F)(F)C(F)(F)C1=[C]C(F)(F)C1(F)F. The number of hydrogen-bond donors (Lipinski definition) is 0. The molecule has 0 atom stereocenters. The van der Waals surface area contributed by atoms with Crippen LogP contribution in [0.25, 0.3) is 0 Å². The highest BCUT2D eigenvalue weighted by molar-refractivity contribution is 5.37. The summed E-state index contributed by atoms with van der Waals surface area (Å²) in [6.45, 7) is 0. The molecule has 0 aromatic carbocycles. The highest BCUT2D eigenvalue weighted by Gasteiger charge is 2.82. The summed E-state index contributed by atoms with van der Waals surface area (Å²) in [5, 5.41) is 0. The van der Waals surface area contributed by atoms with E-state index in [-0.39, 0.29) is 6.08 Å². The van der Waals surface area contributed by atoms with Gasteiger partial charge in [0.05, 0.1) is 5.57 Å². The van der Waals surface area contributed by atoms with E-state index in [1.165, 1.54) is 0 Å². The zero-order valence-electron chi connectivity index (χ0n) is 7.66. The van der Waals surface area contributed by atoms with Crippen LogP contribution in [0.2, 0.25) is 0 Å². The van der Waals surface area contributed by atoms with Crippen LogP contribution < -0.4 is 0 Å². The van der Waals surface area contributed by atoms with Crippen LogP contribution in [0.3, 0.4) is 0 Å². The third-order valence-corrected chi connectivity index (χ3v) is 2.05. The fraction of sp³-hybridized carbons (Fsp3) is 0.714. The van der Waals surface area contributed by atoms with Crippen LogP contribution in [-0.2, 0) is 0 Å². The number of allylic oxidation sites excluding steroid dienone is 2. The Labute approximate surface area is 91.1 Å². The van der Waals surface area contributed by atoms with Crippen LogP contribution in [0.4, 0.5) is 48.3 Å². The molecule has 1 aliphatic rings. The minimum Gasteiger partial charge on any atom is -0.194 e. The molecular formula is C7F11. The molecule has 0 aromatic heterocycles. The van der Waals surface area contributed by atoms with Gasteiger partial charge < -0.3 is 0 Å². The molecule has 0 spiro atoms. The Balaban J connectivity index is 3.28. The summed E-state index contributed by atoms with van der Waals surface area (Å²) >= 11 is 0. The predicted molar refractivity (Wildman–Crippen MR) is 32.6 cm³/mol. The summed E-state index contributed by atoms with van der Waals surface area (Å²) < 4.78 is 133. The van der Waals surface area contributed by atoms with Crippen molar-refractivity contribution in [3.63, 3.8) is 0 Å². The molecule has 0 nitrogen and oxygen atoms in total. The molecule has 0 aromatic rings. The third-order valence-electron chi connectivity index (χ3n) is 2.05. The number of alkyl halides is 11. The summed E-state index contributed by atoms with van der Waals surface area (Å²) in [6.07, 6.45) is -6.95. The van der Waals surface area contributed by atoms with Gasteiger partial charge in [-0.1, -0.05) is 0 Å². The summed E-state index contributed by atoms with van der Waals surface area (Å²) in [7, 11) is 0. The first-order valence-electron chi connectivity index (χ1n) is 3.83. The molecule has 0 N–H and O–H groups in total. The Kier molecular flexibility index (Phi) is 2.75. The van der Waals surface area contributed by atoms with Gasteiger partial charge in [0, 0.05) is 6.08 Å². The molecule has 1 rings (SSSR count). The van der Waals surface area contributed by atoms with Crippen LogP contribution in [0.15, 0.2) is 5.57 Å². The van der Waals surface area contributed by atoms with Gasteiger partial charge in [-0.2, -0.15) is 48.3 Å². The van der Waals surface area contributed by atoms with Gasteiger partial charge in [0.15, 0.2) is 0 Å². The fourth-order valence-corrected chi connectivity index (χ4v) is 1.02. The molecule has 18 heavy (non-hydrogen) atoms. The number of rotatable bonds is 2. The van der Waals surface area contributed by atoms with E-state index in [0.29, 0.717) is 0 Å². The average molecular weight is 293 g/mol. The van der Waals surface area contributed by atoms with Gasteiger partial charge in [-0.3, -0.25) is 0 Å². The normalized spacial score (nSPS) is 23.4. The van der Waals surface area contributed by atoms with E-state index in [9.17, 15) is 48.3 Å². The van der Waals surface area contributed by atoms with E-state index in [4.69, 9.17) is 0 Å². The zero-order chi connectivity index (χ0) is 14.8. The van der Waals surface area contributed by atoms with E-state index in [1.807, 2.05) is 0 Å². The lowest BCUT2D eigenvalue weighted by atomic mass is 9.82. The highest BCUT2D eigenvalue weighted by Crippen LogP contribution is 2.60. The zero-order valence-corrected chi connectivity index (χ0v) is 7.66. The van der Waals surface area contributed by atoms with Crippen molar-refractivity contribution in [2.45, 2.75) is 29.9 Å². The summed E-state index contributed by atoms with van der Waals surface area (Å²) in [5.74, 6) is -24.6. The lowest BCUT2D eigenvalue weighted by Gasteiger charge is -2.40. The maximum absolute atomic E-state index is 12.6. The molecular weight excluding hydrogens is 293 g/mol. The third kappa shape index (κ3) is 1.58. The van der Waals surface area contributed by atoms with E-state index in [1.54, 1.807) is 0 Å². The van der Waals surface area contributed by atoms with Crippen molar-refractivity contribution < 1.29 is 48.3 Å². The van der Waals surface area contributed by atoms with Crippen LogP contribution in [-0.4, -0.2) is 29.9 Å². The Morgan fingerprint density at radius 2 is 1.17 bits per heavy atom. The first kappa shape index (κ1) is 15.0. The minimum atomic E-state index is -6.91. The first-order chi connectivity index (χ1) is 7.59. The molecule has 0 saturated heterocycles. The fourth-order valence-electron chi connectivity index (χ4n) is 1.02. The van der Waals surface area contributed by atoms with E-state index in [2.05, 4.69) is 0 Å². The van der Waals surface area contributed by atoms with Crippen LogP contribution in [0.5, 0.6) is 0 Å². The lowest BCUT2D eigenvalue weighted by Crippen LogP contribution is -2.63. The first-order valence-corrected chi connectivity index (χ1v) is 3.83. The van der Waals surface area contributed by atoms with E-state index in [0.717, 1.165) is 0 Å². The molecule has 0 saturated carbocycles. The van der Waals surface area contributed by atoms with Gasteiger partial charge in [0.1, 0.15) is 0 Å². The van der Waals surface area contributed by atoms with Crippen molar-refractivity contribution in [3.05, 3.63) is 11.6 Å². The van der Waals surface area contributed by atoms with Gasteiger partial charge in [-0.25, -0.2) is 0 Å². The molecule has 105 valence electrons. The van der Waals surface area contributed by atoms with Crippen molar-refractivity contribution in [1.29, 1.82) is 0 Å². The Bertz CT molecular complexity index is 385. The van der Waals surface area contributed by atoms with Crippen LogP contribution >= 0.6 is 0 Å². The van der Waals surface area contributed by atoms with Crippen LogP contribution in [0, 0.1) is 6.08 Å². The Hall–Kier alpha value is -1.03. The van der Waals surface area contributed by atoms with Gasteiger partial charge in [-0.05, 0) is 0 Å². The highest BCUT2D eigenvalue weighted by atomic mass is 19.4. The molecule has 1 radical (unpaired) electrons. The maximum Gasteiger partial charge on any atom is 0.460 e. The predicted octanol–water partition coefficient (Wildman–Crippen LogP) is 3.83. The summed E-state index contributed by atoms with van der Waals surface area (Å²) in [4.78, 5) is 0. The Morgan fingerprint density at radius 1 is 0.778 bits per heavy atom. The maximum atomic E-state index is 12.6. The number of halogens is 11. The van der Waals surface area contributed by atoms with Crippen molar-refractivity contribution >= 4 is 0 Å². The van der Waals surface area contributed by atoms with Gasteiger partial charge in [-0.15, -0.1) is 0 Å². The molecule has 0 unspecified atom stereocenters. The second-order valence-corrected chi connectivity index (χ2v) is 3.30. The smallest absolute Gasteiger partial charge is 0.194 e. The molecule has 0 bridgehead atoms. The minimum absolute atomic E-state index is 0.0688. The topological polar surface area (TPSA) is 0 Å². The summed E-state index contributed by atoms with van der Waals surface area (Å²) in [5.41, 5.74) is -3.37. The quantitative estimate of drug-likeness (QED) is 0.679. The second kappa shape index (κ2) is 3.29. The van der Waals surface area contributed by atoms with Gasteiger partial charge >= 0.3 is 29.9 Å². The molecule has 0 aliphatic heterocycles. The standard InChI is InChI=1S/C7F11/c8-3(9)1-2(4(3,10)11)5(12,13)6(14,15)7(16,17)18. The lowest BCUT2D eigenvalue weighted by molar-refractivity contribution is -0.355. The van der Waals surface area contributed by atoms with Gasteiger partial charge in [0.25, 0.3) is 0 Å². The average Bonchev–Trinajstić information content (AvgIpc) is 2.12. The Morgan fingerprint density at radius 3 is 1.39 bits per heavy atom. The second-order valence-electron chi connectivity index (χ2n) is 3.30. The van der Waals surface area contributed by atoms with Crippen molar-refractivity contribution in [2.24, 2.45) is 0 Å². The molecule has 11 heteroatoms. The van der Waals surface area contributed by atoms with Gasteiger partial charge in [0.2, 0.25) is 0 Å². The molecule has 0 amide bonds. The van der Waals surface area contributed by atoms with Crippen LogP contribution in [0.1, 0.15) is 0 Å². The monoisotopic (exact) mass is 293 g/mol. The molecule has 0 heterocycles. The van der Waals surface area contributed by atoms with Crippen molar-refractivity contribution in [1.82, 2.24) is 0 Å². The summed E-state index contributed by atoms with van der Waals surface area (Å²) in [6, 6.07) is 0. The largest absolute Gasteiger partial charge is 0.460 e. The van der Waals surface area contributed by atoms with Crippen molar-refractivity contribution in [2.75, 3.05) is 0 Å². The molecule has 1 aliphatic carbocycles. The number of hydrogen-bond acceptors (Lipinski definition) is 0.